The zero-order chi connectivity index (χ0) is 10.5. The van der Waals surface area contributed by atoms with Crippen LogP contribution in [-0.4, -0.2) is 6.54 Å². The van der Waals surface area contributed by atoms with Crippen LogP contribution >= 0.6 is 0 Å². The first kappa shape index (κ1) is 13.2. The molecule has 2 N–H and O–H groups in total. The average molecular weight is 193 g/mol. The molecule has 0 atom stereocenters. The summed E-state index contributed by atoms with van der Waals surface area (Å²) in [4.78, 5) is 0. The minimum absolute atomic E-state index is 0.827. The lowest BCUT2D eigenvalue weighted by Gasteiger charge is -1.93. The highest BCUT2D eigenvalue weighted by atomic mass is 14.5. The van der Waals surface area contributed by atoms with E-state index in [0.717, 1.165) is 25.8 Å². The summed E-state index contributed by atoms with van der Waals surface area (Å²) < 4.78 is 0. The summed E-state index contributed by atoms with van der Waals surface area (Å²) in [5, 5.41) is 0. The summed E-state index contributed by atoms with van der Waals surface area (Å²) in [6, 6.07) is 0. The average Bonchev–Trinajstić information content (AvgIpc) is 2.21. The van der Waals surface area contributed by atoms with Crippen LogP contribution in [0.5, 0.6) is 0 Å². The Bertz CT molecular complexity index is 168. The van der Waals surface area contributed by atoms with Crippen LogP contribution < -0.4 is 5.73 Å². The number of allylic oxidation sites excluding steroid dienone is 5. The number of unbranched alkanes of at least 4 members (excludes halogenated alkanes) is 3. The molecule has 0 aromatic rings. The van der Waals surface area contributed by atoms with Crippen molar-refractivity contribution in [3.8, 4) is 0 Å². The van der Waals surface area contributed by atoms with E-state index in [9.17, 15) is 0 Å². The van der Waals surface area contributed by atoms with Crippen LogP contribution in [0.15, 0.2) is 37.0 Å². The van der Waals surface area contributed by atoms with E-state index in [-0.39, 0.29) is 0 Å². The van der Waals surface area contributed by atoms with Crippen LogP contribution in [0.2, 0.25) is 0 Å². The molecule has 0 amide bonds. The summed E-state index contributed by atoms with van der Waals surface area (Å²) in [6.45, 7) is 4.48. The van der Waals surface area contributed by atoms with E-state index >= 15 is 0 Å². The van der Waals surface area contributed by atoms with Crippen molar-refractivity contribution in [1.29, 1.82) is 0 Å². The van der Waals surface area contributed by atoms with E-state index in [1.54, 1.807) is 0 Å². The Morgan fingerprint density at radius 3 is 2.29 bits per heavy atom. The van der Waals surface area contributed by atoms with E-state index in [0.29, 0.717) is 0 Å². The maximum Gasteiger partial charge on any atom is -0.00773 e. The highest BCUT2D eigenvalue weighted by Gasteiger charge is 1.83. The molecule has 0 spiro atoms. The Balaban J connectivity index is 3.14. The van der Waals surface area contributed by atoms with Crippen LogP contribution in [0.3, 0.4) is 0 Å². The fourth-order valence-electron chi connectivity index (χ4n) is 1.16. The Morgan fingerprint density at radius 2 is 1.57 bits per heavy atom. The van der Waals surface area contributed by atoms with Gasteiger partial charge in [0.1, 0.15) is 0 Å². The third kappa shape index (κ3) is 11.2. The molecule has 0 radical (unpaired) electrons. The van der Waals surface area contributed by atoms with Crippen LogP contribution in [0.1, 0.15) is 38.5 Å². The first-order valence-electron chi connectivity index (χ1n) is 5.52. The van der Waals surface area contributed by atoms with E-state index in [2.05, 4.69) is 30.9 Å². The van der Waals surface area contributed by atoms with Crippen molar-refractivity contribution < 1.29 is 0 Å². The zero-order valence-corrected chi connectivity index (χ0v) is 9.12. The quantitative estimate of drug-likeness (QED) is 0.439. The number of hydrogen-bond acceptors (Lipinski definition) is 1. The molecule has 1 nitrogen and oxygen atoms in total. The summed E-state index contributed by atoms with van der Waals surface area (Å²) in [6.07, 6.45) is 17.6. The van der Waals surface area contributed by atoms with Crippen molar-refractivity contribution in [2.75, 3.05) is 6.54 Å². The van der Waals surface area contributed by atoms with Crippen LogP contribution in [0, 0.1) is 0 Å². The molecule has 0 unspecified atom stereocenters. The predicted molar refractivity (Wildman–Crippen MR) is 65.2 cm³/mol. The van der Waals surface area contributed by atoms with Crippen molar-refractivity contribution in [3.05, 3.63) is 37.0 Å². The van der Waals surface area contributed by atoms with Gasteiger partial charge >= 0.3 is 0 Å². The van der Waals surface area contributed by atoms with Crippen molar-refractivity contribution in [1.82, 2.24) is 0 Å². The third-order valence-corrected chi connectivity index (χ3v) is 1.98. The number of rotatable bonds is 9. The van der Waals surface area contributed by atoms with Gasteiger partial charge in [0.15, 0.2) is 0 Å². The molecular formula is C13H23N. The molecule has 80 valence electrons. The van der Waals surface area contributed by atoms with Gasteiger partial charge in [-0.1, -0.05) is 36.8 Å². The van der Waals surface area contributed by atoms with Gasteiger partial charge in [0.05, 0.1) is 0 Å². The zero-order valence-electron chi connectivity index (χ0n) is 9.12. The Hall–Kier alpha value is -0.820. The van der Waals surface area contributed by atoms with Crippen LogP contribution in [0.4, 0.5) is 0 Å². The van der Waals surface area contributed by atoms with E-state index < -0.39 is 0 Å². The molecule has 14 heavy (non-hydrogen) atoms. The lowest BCUT2D eigenvalue weighted by Crippen LogP contribution is -1.97. The molecular weight excluding hydrogens is 170 g/mol. The van der Waals surface area contributed by atoms with Gasteiger partial charge in [0.2, 0.25) is 0 Å². The fourth-order valence-corrected chi connectivity index (χ4v) is 1.16. The van der Waals surface area contributed by atoms with Crippen molar-refractivity contribution in [3.63, 3.8) is 0 Å². The van der Waals surface area contributed by atoms with E-state index in [1.807, 2.05) is 6.08 Å². The predicted octanol–water partition coefficient (Wildman–Crippen LogP) is 3.58. The SMILES string of the molecule is C=CCC=CCC=CCCCCCN. The molecule has 0 saturated heterocycles. The molecule has 0 rings (SSSR count). The lowest BCUT2D eigenvalue weighted by molar-refractivity contribution is 0.695. The first-order valence-corrected chi connectivity index (χ1v) is 5.52. The summed E-state index contributed by atoms with van der Waals surface area (Å²) >= 11 is 0. The number of nitrogens with two attached hydrogens (primary N) is 1. The van der Waals surface area contributed by atoms with E-state index in [4.69, 9.17) is 5.73 Å². The maximum absolute atomic E-state index is 5.40. The molecule has 0 fully saturated rings. The molecule has 0 saturated carbocycles. The Morgan fingerprint density at radius 1 is 0.857 bits per heavy atom. The van der Waals surface area contributed by atoms with Crippen LogP contribution in [0.25, 0.3) is 0 Å². The topological polar surface area (TPSA) is 26.0 Å². The highest BCUT2D eigenvalue weighted by Crippen LogP contribution is 2.00. The molecule has 0 aromatic carbocycles. The van der Waals surface area contributed by atoms with Gasteiger partial charge in [-0.3, -0.25) is 0 Å². The molecule has 0 aliphatic carbocycles. The molecule has 0 aliphatic rings. The lowest BCUT2D eigenvalue weighted by atomic mass is 10.2. The Labute approximate surface area is 88.4 Å². The summed E-state index contributed by atoms with van der Waals surface area (Å²) in [5.74, 6) is 0. The highest BCUT2D eigenvalue weighted by molar-refractivity contribution is 4.95. The van der Waals surface area contributed by atoms with Gasteiger partial charge in [-0.15, -0.1) is 6.58 Å². The van der Waals surface area contributed by atoms with Crippen LogP contribution in [-0.2, 0) is 0 Å². The standard InChI is InChI=1S/C13H23N/c1-2-3-4-5-6-7-8-9-10-11-12-13-14/h2,4-5,7-8H,1,3,6,9-14H2. The number of hydrogen-bond donors (Lipinski definition) is 1. The van der Waals surface area contributed by atoms with Gasteiger partial charge in [-0.2, -0.15) is 0 Å². The minimum atomic E-state index is 0.827. The monoisotopic (exact) mass is 193 g/mol. The molecule has 1 heteroatoms. The maximum atomic E-state index is 5.40. The van der Waals surface area contributed by atoms with Gasteiger partial charge in [0, 0.05) is 0 Å². The summed E-state index contributed by atoms with van der Waals surface area (Å²) in [7, 11) is 0. The molecule has 0 aliphatic heterocycles. The Kier molecular flexibility index (Phi) is 11.5. The minimum Gasteiger partial charge on any atom is -0.330 e. The van der Waals surface area contributed by atoms with Gasteiger partial charge in [-0.05, 0) is 38.6 Å². The largest absolute Gasteiger partial charge is 0.330 e. The second-order valence-corrected chi connectivity index (χ2v) is 3.34. The molecule has 0 heterocycles. The van der Waals surface area contributed by atoms with Gasteiger partial charge < -0.3 is 5.73 Å². The van der Waals surface area contributed by atoms with Crippen molar-refractivity contribution in [2.24, 2.45) is 5.73 Å². The molecule has 0 aromatic heterocycles. The van der Waals surface area contributed by atoms with Crippen molar-refractivity contribution >= 4 is 0 Å². The van der Waals surface area contributed by atoms with Gasteiger partial charge in [0.25, 0.3) is 0 Å². The molecule has 0 bridgehead atoms. The van der Waals surface area contributed by atoms with Crippen molar-refractivity contribution in [2.45, 2.75) is 38.5 Å². The second-order valence-electron chi connectivity index (χ2n) is 3.34. The summed E-state index contributed by atoms with van der Waals surface area (Å²) in [5.41, 5.74) is 5.40. The second kappa shape index (κ2) is 12.2. The smallest absolute Gasteiger partial charge is 0.00773 e. The van der Waals surface area contributed by atoms with E-state index in [1.165, 1.54) is 19.3 Å². The fraction of sp³-hybridized carbons (Fsp3) is 0.538. The third-order valence-electron chi connectivity index (χ3n) is 1.98. The van der Waals surface area contributed by atoms with Gasteiger partial charge in [-0.25, -0.2) is 0 Å². The normalized spacial score (nSPS) is 11.5. The first-order chi connectivity index (χ1) is 6.91.